The highest BCUT2D eigenvalue weighted by molar-refractivity contribution is 7.99. The lowest BCUT2D eigenvalue weighted by molar-refractivity contribution is -0.135. The molecule has 0 aliphatic carbocycles. The molecular weight excluding hydrogens is 310 g/mol. The van der Waals surface area contributed by atoms with Gasteiger partial charge >= 0.3 is 0 Å². The molecule has 23 heavy (non-hydrogen) atoms. The molecule has 2 aliphatic heterocycles. The van der Waals surface area contributed by atoms with Crippen LogP contribution in [0.15, 0.2) is 24.8 Å². The normalized spacial score (nSPS) is 22.8. The van der Waals surface area contributed by atoms with Crippen LogP contribution in [0.4, 0.5) is 0 Å². The van der Waals surface area contributed by atoms with Crippen LogP contribution in [0.25, 0.3) is 5.65 Å². The third-order valence-corrected chi connectivity index (χ3v) is 5.67. The SMILES string of the molecule is O=C(C1CCCN1Cc1cnc2cnccn12)N1CCSCC1. The molecule has 2 aliphatic rings. The van der Waals surface area contributed by atoms with Gasteiger partial charge in [-0.2, -0.15) is 11.8 Å². The monoisotopic (exact) mass is 331 g/mol. The van der Waals surface area contributed by atoms with Crippen molar-refractivity contribution in [1.29, 1.82) is 0 Å². The summed E-state index contributed by atoms with van der Waals surface area (Å²) in [4.78, 5) is 25.7. The summed E-state index contributed by atoms with van der Waals surface area (Å²) in [7, 11) is 0. The molecule has 0 aromatic carbocycles. The van der Waals surface area contributed by atoms with Crippen LogP contribution in [0.2, 0.25) is 0 Å². The lowest BCUT2D eigenvalue weighted by atomic mass is 10.2. The van der Waals surface area contributed by atoms with Gasteiger partial charge < -0.3 is 4.90 Å². The Kier molecular flexibility index (Phi) is 4.22. The van der Waals surface area contributed by atoms with Crippen molar-refractivity contribution >= 4 is 23.3 Å². The lowest BCUT2D eigenvalue weighted by Crippen LogP contribution is -2.48. The highest BCUT2D eigenvalue weighted by Crippen LogP contribution is 2.23. The number of thioether (sulfide) groups is 1. The summed E-state index contributed by atoms with van der Waals surface area (Å²) < 4.78 is 2.06. The second kappa shape index (κ2) is 6.49. The van der Waals surface area contributed by atoms with Crippen molar-refractivity contribution in [2.75, 3.05) is 31.1 Å². The molecule has 2 fully saturated rings. The zero-order chi connectivity index (χ0) is 15.6. The van der Waals surface area contributed by atoms with Gasteiger partial charge in [0, 0.05) is 43.5 Å². The number of carbonyl (C=O) groups is 1. The van der Waals surface area contributed by atoms with Gasteiger partial charge in [-0.05, 0) is 19.4 Å². The molecule has 0 radical (unpaired) electrons. The molecule has 0 saturated carbocycles. The minimum atomic E-state index is 0.0329. The van der Waals surface area contributed by atoms with Crippen LogP contribution >= 0.6 is 11.8 Å². The van der Waals surface area contributed by atoms with Crippen LogP contribution in [0, 0.1) is 0 Å². The predicted molar refractivity (Wildman–Crippen MR) is 90.3 cm³/mol. The second-order valence-corrected chi connectivity index (χ2v) is 7.34. The van der Waals surface area contributed by atoms with Crippen molar-refractivity contribution in [2.24, 2.45) is 0 Å². The maximum absolute atomic E-state index is 12.8. The number of likely N-dealkylation sites (tertiary alicyclic amines) is 1. The van der Waals surface area contributed by atoms with E-state index in [1.54, 1.807) is 12.4 Å². The summed E-state index contributed by atoms with van der Waals surface area (Å²) in [6.45, 7) is 3.55. The van der Waals surface area contributed by atoms with E-state index in [1.807, 2.05) is 24.2 Å². The van der Waals surface area contributed by atoms with E-state index in [4.69, 9.17) is 0 Å². The van der Waals surface area contributed by atoms with Gasteiger partial charge in [0.25, 0.3) is 0 Å². The minimum Gasteiger partial charge on any atom is -0.340 e. The summed E-state index contributed by atoms with van der Waals surface area (Å²) in [6, 6.07) is 0.0329. The van der Waals surface area contributed by atoms with E-state index in [9.17, 15) is 4.79 Å². The molecule has 1 atom stereocenters. The lowest BCUT2D eigenvalue weighted by Gasteiger charge is -2.32. The molecule has 0 N–H and O–H groups in total. The summed E-state index contributed by atoms with van der Waals surface area (Å²) in [5.74, 6) is 2.45. The molecule has 2 aromatic heterocycles. The van der Waals surface area contributed by atoms with Crippen LogP contribution in [0.1, 0.15) is 18.5 Å². The van der Waals surface area contributed by atoms with Crippen molar-refractivity contribution in [3.8, 4) is 0 Å². The number of rotatable bonds is 3. The first kappa shape index (κ1) is 15.0. The Hall–Kier alpha value is -1.60. The molecule has 1 amide bonds. The van der Waals surface area contributed by atoms with Crippen molar-refractivity contribution in [1.82, 2.24) is 24.2 Å². The van der Waals surface area contributed by atoms with Crippen molar-refractivity contribution in [3.63, 3.8) is 0 Å². The third-order valence-electron chi connectivity index (χ3n) is 4.73. The zero-order valence-corrected chi connectivity index (χ0v) is 13.9. The van der Waals surface area contributed by atoms with Crippen LogP contribution in [0.5, 0.6) is 0 Å². The highest BCUT2D eigenvalue weighted by Gasteiger charge is 2.34. The quantitative estimate of drug-likeness (QED) is 0.848. The van der Waals surface area contributed by atoms with Crippen molar-refractivity contribution < 1.29 is 4.79 Å². The first-order chi connectivity index (χ1) is 11.3. The Morgan fingerprint density at radius 3 is 3.00 bits per heavy atom. The summed E-state index contributed by atoms with van der Waals surface area (Å²) in [5, 5.41) is 0. The van der Waals surface area contributed by atoms with Gasteiger partial charge in [0.05, 0.1) is 24.1 Å². The van der Waals surface area contributed by atoms with Gasteiger partial charge in [0.2, 0.25) is 5.91 Å². The fourth-order valence-electron chi connectivity index (χ4n) is 3.51. The van der Waals surface area contributed by atoms with Gasteiger partial charge in [-0.1, -0.05) is 0 Å². The third kappa shape index (κ3) is 2.95. The van der Waals surface area contributed by atoms with Crippen LogP contribution in [0.3, 0.4) is 0 Å². The second-order valence-electron chi connectivity index (χ2n) is 6.12. The number of carbonyl (C=O) groups excluding carboxylic acids is 1. The average molecular weight is 331 g/mol. The number of nitrogens with zero attached hydrogens (tertiary/aromatic N) is 5. The first-order valence-electron chi connectivity index (χ1n) is 8.19. The Morgan fingerprint density at radius 1 is 1.26 bits per heavy atom. The summed E-state index contributed by atoms with van der Waals surface area (Å²) >= 11 is 1.94. The number of aromatic nitrogens is 3. The first-order valence-corrected chi connectivity index (χ1v) is 9.35. The summed E-state index contributed by atoms with van der Waals surface area (Å²) in [6.07, 6.45) is 9.44. The Balaban J connectivity index is 1.50. The molecule has 1 unspecified atom stereocenters. The topological polar surface area (TPSA) is 53.7 Å². The number of fused-ring (bicyclic) bond motifs is 1. The van der Waals surface area contributed by atoms with Gasteiger partial charge in [0.1, 0.15) is 0 Å². The maximum atomic E-state index is 12.8. The molecule has 4 rings (SSSR count). The molecule has 0 bridgehead atoms. The zero-order valence-electron chi connectivity index (χ0n) is 13.1. The fourth-order valence-corrected chi connectivity index (χ4v) is 4.41. The van der Waals surface area contributed by atoms with E-state index >= 15 is 0 Å². The maximum Gasteiger partial charge on any atom is 0.239 e. The minimum absolute atomic E-state index is 0.0329. The highest BCUT2D eigenvalue weighted by atomic mass is 32.2. The van der Waals surface area contributed by atoms with Crippen LogP contribution < -0.4 is 0 Å². The van der Waals surface area contributed by atoms with E-state index in [-0.39, 0.29) is 6.04 Å². The Labute approximate surface area is 139 Å². The van der Waals surface area contributed by atoms with Crippen LogP contribution in [-0.2, 0) is 11.3 Å². The van der Waals surface area contributed by atoms with Gasteiger partial charge in [-0.15, -0.1) is 0 Å². The van der Waals surface area contributed by atoms with E-state index in [0.29, 0.717) is 5.91 Å². The number of hydrogen-bond acceptors (Lipinski definition) is 5. The number of hydrogen-bond donors (Lipinski definition) is 0. The number of amides is 1. The Bertz CT molecular complexity index is 697. The molecule has 122 valence electrons. The van der Waals surface area contributed by atoms with Crippen LogP contribution in [-0.4, -0.2) is 67.3 Å². The largest absolute Gasteiger partial charge is 0.340 e. The van der Waals surface area contributed by atoms with E-state index < -0.39 is 0 Å². The van der Waals surface area contributed by atoms with Gasteiger partial charge in [-0.3, -0.25) is 19.1 Å². The molecular formula is C16H21N5OS. The van der Waals surface area contributed by atoms with Gasteiger partial charge in [-0.25, -0.2) is 4.98 Å². The molecule has 2 aromatic rings. The standard InChI is InChI=1S/C16H21N5OS/c22-16(19-6-8-23-9-7-19)14-2-1-4-20(14)12-13-10-18-15-11-17-3-5-21(13)15/h3,5,10-11,14H,1-2,4,6-9,12H2. The predicted octanol–water partition coefficient (Wildman–Crippen LogP) is 1.27. The molecule has 4 heterocycles. The smallest absolute Gasteiger partial charge is 0.239 e. The fraction of sp³-hybridized carbons (Fsp3) is 0.562. The Morgan fingerprint density at radius 2 is 2.13 bits per heavy atom. The number of imidazole rings is 1. The molecule has 2 saturated heterocycles. The van der Waals surface area contributed by atoms with E-state index in [0.717, 1.165) is 61.9 Å². The van der Waals surface area contributed by atoms with Gasteiger partial charge in [0.15, 0.2) is 5.65 Å². The van der Waals surface area contributed by atoms with E-state index in [1.165, 1.54) is 0 Å². The van der Waals surface area contributed by atoms with Crippen molar-refractivity contribution in [3.05, 3.63) is 30.5 Å². The molecule has 0 spiro atoms. The summed E-state index contributed by atoms with van der Waals surface area (Å²) in [5.41, 5.74) is 1.98. The molecule has 6 nitrogen and oxygen atoms in total. The average Bonchev–Trinajstić information content (AvgIpc) is 3.23. The molecule has 7 heteroatoms. The van der Waals surface area contributed by atoms with Crippen molar-refractivity contribution in [2.45, 2.75) is 25.4 Å². The van der Waals surface area contributed by atoms with E-state index in [2.05, 4.69) is 24.2 Å².